The van der Waals surface area contributed by atoms with Crippen LogP contribution in [0.25, 0.3) is 0 Å². The lowest BCUT2D eigenvalue weighted by Crippen LogP contribution is -2.21. The van der Waals surface area contributed by atoms with Gasteiger partial charge in [-0.1, -0.05) is 0 Å². The van der Waals surface area contributed by atoms with Crippen LogP contribution in [0, 0.1) is 0 Å². The fraction of sp³-hybridized carbons (Fsp3) is 1.00. The molecule has 0 aromatic rings. The molecule has 1 atom stereocenters. The summed E-state index contributed by atoms with van der Waals surface area (Å²) in [6, 6.07) is 0. The van der Waals surface area contributed by atoms with Crippen LogP contribution < -0.4 is 5.32 Å². The number of sulfone groups is 1. The van der Waals surface area contributed by atoms with Crippen molar-refractivity contribution < 1.29 is 8.42 Å². The average molecular weight is 177 g/mol. The summed E-state index contributed by atoms with van der Waals surface area (Å²) in [6.07, 6.45) is 3.92. The van der Waals surface area contributed by atoms with Crippen molar-refractivity contribution in [2.24, 2.45) is 0 Å². The molecule has 66 valence electrons. The zero-order chi connectivity index (χ0) is 8.32. The minimum atomic E-state index is -2.79. The standard InChI is InChI=1S/C7H15NO2S/c1-11(9,10)7-3-2-5-8-6-4-7/h7-8H,2-6H2,1H3. The maximum absolute atomic E-state index is 11.1. The minimum absolute atomic E-state index is 0.0995. The molecule has 0 radical (unpaired) electrons. The van der Waals surface area contributed by atoms with Gasteiger partial charge in [-0.15, -0.1) is 0 Å². The van der Waals surface area contributed by atoms with E-state index in [0.717, 1.165) is 32.4 Å². The molecular weight excluding hydrogens is 162 g/mol. The quantitative estimate of drug-likeness (QED) is 0.621. The molecule has 0 aromatic carbocycles. The highest BCUT2D eigenvalue weighted by Gasteiger charge is 2.21. The van der Waals surface area contributed by atoms with E-state index in [0.29, 0.717) is 0 Å². The molecule has 0 amide bonds. The summed E-state index contributed by atoms with van der Waals surface area (Å²) in [4.78, 5) is 0. The average Bonchev–Trinajstić information content (AvgIpc) is 2.10. The summed E-state index contributed by atoms with van der Waals surface area (Å²) < 4.78 is 22.2. The zero-order valence-electron chi connectivity index (χ0n) is 6.84. The Bertz CT molecular complexity index is 202. The van der Waals surface area contributed by atoms with Crippen LogP contribution in [-0.2, 0) is 9.84 Å². The predicted molar refractivity (Wildman–Crippen MR) is 45.4 cm³/mol. The summed E-state index contributed by atoms with van der Waals surface area (Å²) in [7, 11) is -2.79. The van der Waals surface area contributed by atoms with Crippen molar-refractivity contribution in [1.29, 1.82) is 0 Å². The first-order valence-corrected chi connectivity index (χ1v) is 5.96. The van der Waals surface area contributed by atoms with E-state index in [4.69, 9.17) is 0 Å². The fourth-order valence-corrected chi connectivity index (χ4v) is 2.56. The van der Waals surface area contributed by atoms with E-state index in [9.17, 15) is 8.42 Å². The third-order valence-electron chi connectivity index (χ3n) is 2.13. The molecule has 1 fully saturated rings. The van der Waals surface area contributed by atoms with Crippen LogP contribution in [0.2, 0.25) is 0 Å². The maximum Gasteiger partial charge on any atom is 0.150 e. The van der Waals surface area contributed by atoms with E-state index < -0.39 is 9.84 Å². The monoisotopic (exact) mass is 177 g/mol. The molecule has 11 heavy (non-hydrogen) atoms. The van der Waals surface area contributed by atoms with E-state index in [-0.39, 0.29) is 5.25 Å². The molecule has 0 saturated carbocycles. The summed E-state index contributed by atoms with van der Waals surface area (Å²) in [5.41, 5.74) is 0. The molecule has 0 aromatic heterocycles. The van der Waals surface area contributed by atoms with Gasteiger partial charge < -0.3 is 5.32 Å². The van der Waals surface area contributed by atoms with Crippen LogP contribution in [0.15, 0.2) is 0 Å². The number of rotatable bonds is 1. The molecule has 0 aliphatic carbocycles. The highest BCUT2D eigenvalue weighted by Crippen LogP contribution is 2.12. The van der Waals surface area contributed by atoms with E-state index >= 15 is 0 Å². The lowest BCUT2D eigenvalue weighted by Gasteiger charge is -2.09. The molecule has 1 aliphatic rings. The number of hydrogen-bond acceptors (Lipinski definition) is 3. The lowest BCUT2D eigenvalue weighted by atomic mass is 10.2. The van der Waals surface area contributed by atoms with Crippen molar-refractivity contribution in [3.63, 3.8) is 0 Å². The Morgan fingerprint density at radius 1 is 1.27 bits per heavy atom. The van der Waals surface area contributed by atoms with Crippen LogP contribution in [0.4, 0.5) is 0 Å². The Morgan fingerprint density at radius 2 is 2.00 bits per heavy atom. The van der Waals surface area contributed by atoms with E-state index in [1.54, 1.807) is 0 Å². The van der Waals surface area contributed by atoms with Crippen LogP contribution in [-0.4, -0.2) is 33.0 Å². The molecule has 4 heteroatoms. The van der Waals surface area contributed by atoms with Gasteiger partial charge in [-0.3, -0.25) is 0 Å². The normalized spacial score (nSPS) is 27.9. The van der Waals surface area contributed by atoms with Crippen molar-refractivity contribution >= 4 is 9.84 Å². The van der Waals surface area contributed by atoms with Gasteiger partial charge in [0.05, 0.1) is 5.25 Å². The van der Waals surface area contributed by atoms with Crippen LogP contribution >= 0.6 is 0 Å². The molecule has 1 aliphatic heterocycles. The Balaban J connectivity index is 2.57. The van der Waals surface area contributed by atoms with Gasteiger partial charge >= 0.3 is 0 Å². The molecule has 0 bridgehead atoms. The lowest BCUT2D eigenvalue weighted by molar-refractivity contribution is 0.572. The van der Waals surface area contributed by atoms with Gasteiger partial charge in [-0.2, -0.15) is 0 Å². The van der Waals surface area contributed by atoms with Gasteiger partial charge in [-0.25, -0.2) is 8.42 Å². The second kappa shape index (κ2) is 3.54. The van der Waals surface area contributed by atoms with Gasteiger partial charge in [0.1, 0.15) is 9.84 Å². The summed E-state index contributed by atoms with van der Waals surface area (Å²) in [5, 5.41) is 3.09. The molecule has 3 nitrogen and oxygen atoms in total. The van der Waals surface area contributed by atoms with Crippen LogP contribution in [0.5, 0.6) is 0 Å². The zero-order valence-corrected chi connectivity index (χ0v) is 7.65. The van der Waals surface area contributed by atoms with Crippen molar-refractivity contribution in [1.82, 2.24) is 5.32 Å². The van der Waals surface area contributed by atoms with E-state index in [2.05, 4.69) is 5.32 Å². The summed E-state index contributed by atoms with van der Waals surface area (Å²) in [5.74, 6) is 0. The van der Waals surface area contributed by atoms with Crippen molar-refractivity contribution in [2.75, 3.05) is 19.3 Å². The molecule has 1 saturated heterocycles. The Hall–Kier alpha value is -0.0900. The second-order valence-electron chi connectivity index (χ2n) is 3.13. The Kier molecular flexibility index (Phi) is 2.90. The van der Waals surface area contributed by atoms with E-state index in [1.165, 1.54) is 6.26 Å². The van der Waals surface area contributed by atoms with Crippen LogP contribution in [0.1, 0.15) is 19.3 Å². The summed E-state index contributed by atoms with van der Waals surface area (Å²) in [6.45, 7) is 1.81. The van der Waals surface area contributed by atoms with Crippen molar-refractivity contribution in [3.05, 3.63) is 0 Å². The third-order valence-corrected chi connectivity index (χ3v) is 3.81. The summed E-state index contributed by atoms with van der Waals surface area (Å²) >= 11 is 0. The van der Waals surface area contributed by atoms with Gasteiger partial charge in [0.15, 0.2) is 0 Å². The third kappa shape index (κ3) is 2.79. The predicted octanol–water partition coefficient (Wildman–Crippen LogP) is 0.173. The largest absolute Gasteiger partial charge is 0.317 e. The highest BCUT2D eigenvalue weighted by molar-refractivity contribution is 7.91. The molecule has 1 N–H and O–H groups in total. The maximum atomic E-state index is 11.1. The number of nitrogens with one attached hydrogen (secondary N) is 1. The van der Waals surface area contributed by atoms with Crippen molar-refractivity contribution in [3.8, 4) is 0 Å². The Labute approximate surface area is 68.1 Å². The fourth-order valence-electron chi connectivity index (χ4n) is 1.42. The second-order valence-corrected chi connectivity index (χ2v) is 5.46. The molecule has 1 heterocycles. The molecular formula is C7H15NO2S. The topological polar surface area (TPSA) is 46.2 Å². The van der Waals surface area contributed by atoms with Gasteiger partial charge in [0.2, 0.25) is 0 Å². The Morgan fingerprint density at radius 3 is 2.64 bits per heavy atom. The van der Waals surface area contributed by atoms with Gasteiger partial charge in [-0.05, 0) is 32.4 Å². The minimum Gasteiger partial charge on any atom is -0.317 e. The van der Waals surface area contributed by atoms with Crippen molar-refractivity contribution in [2.45, 2.75) is 24.5 Å². The molecule has 1 rings (SSSR count). The molecule has 1 unspecified atom stereocenters. The first kappa shape index (κ1) is 9.00. The smallest absolute Gasteiger partial charge is 0.150 e. The van der Waals surface area contributed by atoms with Gasteiger partial charge in [0.25, 0.3) is 0 Å². The van der Waals surface area contributed by atoms with Gasteiger partial charge in [0, 0.05) is 6.26 Å². The first-order chi connectivity index (χ1) is 5.11. The molecule has 0 spiro atoms. The van der Waals surface area contributed by atoms with Crippen LogP contribution in [0.3, 0.4) is 0 Å². The first-order valence-electron chi connectivity index (χ1n) is 4.00. The van der Waals surface area contributed by atoms with E-state index in [1.807, 2.05) is 0 Å². The SMILES string of the molecule is CS(=O)(=O)C1CCCNCC1. The number of hydrogen-bond donors (Lipinski definition) is 1. The highest BCUT2D eigenvalue weighted by atomic mass is 32.2.